The van der Waals surface area contributed by atoms with Crippen molar-refractivity contribution in [3.63, 3.8) is 0 Å². The first-order valence-corrected chi connectivity index (χ1v) is 6.39. The van der Waals surface area contributed by atoms with Gasteiger partial charge in [0.25, 0.3) is 0 Å². The van der Waals surface area contributed by atoms with E-state index in [0.717, 1.165) is 23.2 Å². The molecule has 1 fully saturated rings. The normalized spacial score (nSPS) is 15.7. The molecule has 1 aromatic carbocycles. The van der Waals surface area contributed by atoms with Crippen molar-refractivity contribution in [1.82, 2.24) is 4.90 Å². The Morgan fingerprint density at radius 1 is 1.44 bits per heavy atom. The van der Waals surface area contributed by atoms with E-state index in [1.807, 2.05) is 18.2 Å². The summed E-state index contributed by atoms with van der Waals surface area (Å²) >= 11 is 3.53. The molecule has 0 heterocycles. The Kier molecular flexibility index (Phi) is 3.84. The fourth-order valence-corrected chi connectivity index (χ4v) is 2.39. The van der Waals surface area contributed by atoms with E-state index in [2.05, 4.69) is 20.8 Å². The highest BCUT2D eigenvalue weighted by Crippen LogP contribution is 2.30. The molecule has 16 heavy (non-hydrogen) atoms. The van der Waals surface area contributed by atoms with Crippen LogP contribution in [-0.4, -0.2) is 29.2 Å². The molecule has 88 valence electrons. The van der Waals surface area contributed by atoms with Gasteiger partial charge in [-0.25, -0.2) is 0 Å². The summed E-state index contributed by atoms with van der Waals surface area (Å²) in [5.74, 6) is 0. The molecule has 0 radical (unpaired) electrons. The lowest BCUT2D eigenvalue weighted by Crippen LogP contribution is -2.28. The first-order valence-electron chi connectivity index (χ1n) is 5.59. The van der Waals surface area contributed by atoms with Crippen molar-refractivity contribution in [2.45, 2.75) is 25.4 Å². The molecule has 0 aromatic heterocycles. The van der Waals surface area contributed by atoms with Crippen LogP contribution in [0.5, 0.6) is 0 Å². The largest absolute Gasteiger partial charge is 0.399 e. The third-order valence-corrected chi connectivity index (χ3v) is 3.64. The molecule has 1 aliphatic rings. The molecule has 4 heteroatoms. The summed E-state index contributed by atoms with van der Waals surface area (Å²) in [4.78, 5) is 2.33. The van der Waals surface area contributed by atoms with Crippen LogP contribution in [0.1, 0.15) is 18.4 Å². The lowest BCUT2D eigenvalue weighted by molar-refractivity contribution is 0.183. The summed E-state index contributed by atoms with van der Waals surface area (Å²) in [7, 11) is 0. The van der Waals surface area contributed by atoms with Gasteiger partial charge in [0.15, 0.2) is 0 Å². The first kappa shape index (κ1) is 11.9. The van der Waals surface area contributed by atoms with Crippen LogP contribution in [0.25, 0.3) is 0 Å². The van der Waals surface area contributed by atoms with Crippen molar-refractivity contribution in [2.24, 2.45) is 0 Å². The fraction of sp³-hybridized carbons (Fsp3) is 0.500. The van der Waals surface area contributed by atoms with Gasteiger partial charge in [-0.1, -0.05) is 22.0 Å². The number of aliphatic hydroxyl groups excluding tert-OH is 1. The van der Waals surface area contributed by atoms with E-state index in [1.54, 1.807) is 0 Å². The zero-order valence-electron chi connectivity index (χ0n) is 9.19. The van der Waals surface area contributed by atoms with Gasteiger partial charge in [0.05, 0.1) is 6.61 Å². The minimum Gasteiger partial charge on any atom is -0.399 e. The fourth-order valence-electron chi connectivity index (χ4n) is 1.87. The number of nitrogen functional groups attached to an aromatic ring is 1. The molecule has 3 N–H and O–H groups in total. The first-order chi connectivity index (χ1) is 7.70. The second-order valence-electron chi connectivity index (χ2n) is 4.28. The van der Waals surface area contributed by atoms with Gasteiger partial charge >= 0.3 is 0 Å². The summed E-state index contributed by atoms with van der Waals surface area (Å²) in [6.07, 6.45) is 2.51. The SMILES string of the molecule is Nc1ccc(CN(CCO)C2CC2)c(Br)c1. The molecular weight excluding hydrogens is 268 g/mol. The molecule has 0 saturated heterocycles. The lowest BCUT2D eigenvalue weighted by atomic mass is 10.2. The Hall–Kier alpha value is -0.580. The van der Waals surface area contributed by atoms with Gasteiger partial charge in [-0.3, -0.25) is 4.90 Å². The van der Waals surface area contributed by atoms with Crippen molar-refractivity contribution in [3.05, 3.63) is 28.2 Å². The number of halogens is 1. The van der Waals surface area contributed by atoms with Crippen LogP contribution >= 0.6 is 15.9 Å². The summed E-state index contributed by atoms with van der Waals surface area (Å²) in [6, 6.07) is 6.56. The van der Waals surface area contributed by atoms with Crippen LogP contribution in [0.15, 0.2) is 22.7 Å². The maximum Gasteiger partial charge on any atom is 0.0558 e. The Balaban J connectivity index is 2.05. The van der Waals surface area contributed by atoms with E-state index in [9.17, 15) is 0 Å². The maximum absolute atomic E-state index is 9.03. The zero-order chi connectivity index (χ0) is 11.5. The number of aliphatic hydroxyl groups is 1. The predicted octanol–water partition coefficient (Wildman–Crippen LogP) is 1.99. The molecule has 1 aliphatic carbocycles. The number of hydrogen-bond acceptors (Lipinski definition) is 3. The highest BCUT2D eigenvalue weighted by molar-refractivity contribution is 9.10. The van der Waals surface area contributed by atoms with Gasteiger partial charge in [0.1, 0.15) is 0 Å². The minimum atomic E-state index is 0.225. The van der Waals surface area contributed by atoms with E-state index < -0.39 is 0 Å². The molecule has 2 rings (SSSR count). The summed E-state index contributed by atoms with van der Waals surface area (Å²) in [5.41, 5.74) is 7.71. The number of nitrogens with two attached hydrogens (primary N) is 1. The molecule has 0 atom stereocenters. The van der Waals surface area contributed by atoms with Gasteiger partial charge in [-0.05, 0) is 30.5 Å². The molecule has 0 spiro atoms. The third-order valence-electron chi connectivity index (χ3n) is 2.90. The predicted molar refractivity (Wildman–Crippen MR) is 69.1 cm³/mol. The topological polar surface area (TPSA) is 49.5 Å². The smallest absolute Gasteiger partial charge is 0.0558 e. The maximum atomic E-state index is 9.03. The van der Waals surface area contributed by atoms with Crippen LogP contribution in [0.3, 0.4) is 0 Å². The van der Waals surface area contributed by atoms with Crippen molar-refractivity contribution in [3.8, 4) is 0 Å². The summed E-state index contributed by atoms with van der Waals surface area (Å²) in [6.45, 7) is 1.86. The number of rotatable bonds is 5. The van der Waals surface area contributed by atoms with Gasteiger partial charge in [0.2, 0.25) is 0 Å². The number of hydrogen-bond donors (Lipinski definition) is 2. The van der Waals surface area contributed by atoms with E-state index in [0.29, 0.717) is 6.04 Å². The van der Waals surface area contributed by atoms with Crippen molar-refractivity contribution >= 4 is 21.6 Å². The molecule has 0 aliphatic heterocycles. The van der Waals surface area contributed by atoms with E-state index in [1.165, 1.54) is 18.4 Å². The van der Waals surface area contributed by atoms with Crippen LogP contribution < -0.4 is 5.73 Å². The molecule has 0 unspecified atom stereocenters. The van der Waals surface area contributed by atoms with Gasteiger partial charge in [0, 0.05) is 29.3 Å². The van der Waals surface area contributed by atoms with E-state index in [-0.39, 0.29) is 6.61 Å². The molecular formula is C12H17BrN2O. The lowest BCUT2D eigenvalue weighted by Gasteiger charge is -2.21. The van der Waals surface area contributed by atoms with Crippen LogP contribution in [0, 0.1) is 0 Å². The van der Waals surface area contributed by atoms with Gasteiger partial charge in [-0.15, -0.1) is 0 Å². The standard InChI is InChI=1S/C12H17BrN2O/c13-12-7-10(14)2-1-9(12)8-15(5-6-16)11-3-4-11/h1-2,7,11,16H,3-6,8,14H2. The Labute approximate surface area is 104 Å². The van der Waals surface area contributed by atoms with Crippen molar-refractivity contribution in [2.75, 3.05) is 18.9 Å². The number of nitrogens with zero attached hydrogens (tertiary/aromatic N) is 1. The zero-order valence-corrected chi connectivity index (χ0v) is 10.8. The summed E-state index contributed by atoms with van der Waals surface area (Å²) in [5, 5.41) is 9.03. The number of benzene rings is 1. The average molecular weight is 285 g/mol. The second-order valence-corrected chi connectivity index (χ2v) is 5.13. The van der Waals surface area contributed by atoms with E-state index in [4.69, 9.17) is 10.8 Å². The Morgan fingerprint density at radius 2 is 2.19 bits per heavy atom. The molecule has 1 saturated carbocycles. The number of anilines is 1. The average Bonchev–Trinajstić information content (AvgIpc) is 3.04. The molecule has 3 nitrogen and oxygen atoms in total. The molecule has 0 bridgehead atoms. The van der Waals surface area contributed by atoms with Crippen LogP contribution in [-0.2, 0) is 6.54 Å². The molecule has 1 aromatic rings. The highest BCUT2D eigenvalue weighted by atomic mass is 79.9. The van der Waals surface area contributed by atoms with Crippen LogP contribution in [0.4, 0.5) is 5.69 Å². The monoisotopic (exact) mass is 284 g/mol. The minimum absolute atomic E-state index is 0.225. The Bertz CT molecular complexity index is 366. The quantitative estimate of drug-likeness (QED) is 0.813. The van der Waals surface area contributed by atoms with E-state index >= 15 is 0 Å². The Morgan fingerprint density at radius 3 is 2.75 bits per heavy atom. The highest BCUT2D eigenvalue weighted by Gasteiger charge is 2.28. The second kappa shape index (κ2) is 5.17. The summed E-state index contributed by atoms with van der Waals surface area (Å²) < 4.78 is 1.05. The third kappa shape index (κ3) is 2.97. The molecule has 0 amide bonds. The van der Waals surface area contributed by atoms with Crippen molar-refractivity contribution < 1.29 is 5.11 Å². The van der Waals surface area contributed by atoms with Crippen LogP contribution in [0.2, 0.25) is 0 Å². The van der Waals surface area contributed by atoms with Gasteiger partial charge < -0.3 is 10.8 Å². The van der Waals surface area contributed by atoms with Crippen molar-refractivity contribution in [1.29, 1.82) is 0 Å². The van der Waals surface area contributed by atoms with Gasteiger partial charge in [-0.2, -0.15) is 0 Å².